The fourth-order valence-electron chi connectivity index (χ4n) is 0.986. The zero-order chi connectivity index (χ0) is 11.5. The van der Waals surface area contributed by atoms with Crippen LogP contribution in [0.2, 0.25) is 0 Å². The Hall–Kier alpha value is -1.10. The van der Waals surface area contributed by atoms with E-state index in [0.717, 1.165) is 0 Å². The summed E-state index contributed by atoms with van der Waals surface area (Å²) in [5.74, 6) is -0.417. The summed E-state index contributed by atoms with van der Waals surface area (Å²) in [5.41, 5.74) is -0.119. The van der Waals surface area contributed by atoms with Crippen LogP contribution in [0.4, 0.5) is 0 Å². The Morgan fingerprint density at radius 1 is 1.67 bits per heavy atom. The number of carbonyl (C=O) groups excluding carboxylic acids is 1. The van der Waals surface area contributed by atoms with Gasteiger partial charge in [-0.05, 0) is 19.9 Å². The van der Waals surface area contributed by atoms with Crippen molar-refractivity contribution >= 4 is 21.8 Å². The van der Waals surface area contributed by atoms with Gasteiger partial charge < -0.3 is 10.4 Å². The van der Waals surface area contributed by atoms with Crippen LogP contribution in [0.1, 0.15) is 24.2 Å². The van der Waals surface area contributed by atoms with Crippen LogP contribution in [-0.2, 0) is 0 Å². The van der Waals surface area contributed by atoms with Crippen molar-refractivity contribution in [3.8, 4) is 5.75 Å². The maximum atomic E-state index is 11.7. The molecule has 1 rings (SSSR count). The second-order valence-corrected chi connectivity index (χ2v) is 4.43. The molecule has 15 heavy (non-hydrogen) atoms. The Bertz CT molecular complexity index is 366. The molecule has 1 aromatic heterocycles. The van der Waals surface area contributed by atoms with Crippen LogP contribution < -0.4 is 5.32 Å². The predicted molar refractivity (Wildman–Crippen MR) is 61.2 cm³/mol. The minimum absolute atomic E-state index is 0.111. The molecule has 0 atom stereocenters. The molecule has 0 aliphatic heterocycles. The maximum Gasteiger partial charge on any atom is 0.255 e. The number of hydrogen-bond donors (Lipinski definition) is 2. The molecule has 1 aromatic rings. The first kappa shape index (κ1) is 12.0. The second kappa shape index (κ2) is 4.61. The zero-order valence-corrected chi connectivity index (χ0v) is 10.2. The van der Waals surface area contributed by atoms with Crippen LogP contribution in [0.3, 0.4) is 0 Å². The monoisotopic (exact) mass is 272 g/mol. The Kier molecular flexibility index (Phi) is 3.68. The van der Waals surface area contributed by atoms with E-state index < -0.39 is 0 Å². The van der Waals surface area contributed by atoms with Gasteiger partial charge in [0.15, 0.2) is 0 Å². The number of rotatable bonds is 3. The lowest BCUT2D eigenvalue weighted by Gasteiger charge is -2.23. The molecule has 1 heterocycles. The van der Waals surface area contributed by atoms with Gasteiger partial charge in [-0.3, -0.25) is 9.78 Å². The molecule has 2 N–H and O–H groups in total. The van der Waals surface area contributed by atoms with Crippen molar-refractivity contribution in [3.05, 3.63) is 24.0 Å². The van der Waals surface area contributed by atoms with Crippen LogP contribution in [0.25, 0.3) is 0 Å². The van der Waals surface area contributed by atoms with E-state index in [1.54, 1.807) is 0 Å². The molecule has 0 aliphatic carbocycles. The van der Waals surface area contributed by atoms with Crippen LogP contribution in [0, 0.1) is 0 Å². The average Bonchev–Trinajstić information content (AvgIpc) is 2.17. The lowest BCUT2D eigenvalue weighted by atomic mass is 10.1. The van der Waals surface area contributed by atoms with Crippen molar-refractivity contribution < 1.29 is 9.90 Å². The van der Waals surface area contributed by atoms with Crippen molar-refractivity contribution in [2.75, 3.05) is 5.33 Å². The van der Waals surface area contributed by atoms with E-state index in [1.807, 2.05) is 13.8 Å². The number of aromatic hydroxyl groups is 1. The Morgan fingerprint density at radius 2 is 2.33 bits per heavy atom. The van der Waals surface area contributed by atoms with E-state index in [2.05, 4.69) is 26.2 Å². The Morgan fingerprint density at radius 3 is 2.87 bits per heavy atom. The standard InChI is InChI=1S/C10H13BrN2O2/c1-10(2,6-11)13-9(15)7-3-4-12-5-8(7)14/h3-5,14H,6H2,1-2H3,(H,13,15). The lowest BCUT2D eigenvalue weighted by Crippen LogP contribution is -2.44. The van der Waals surface area contributed by atoms with Crippen LogP contribution >= 0.6 is 15.9 Å². The summed E-state index contributed by atoms with van der Waals surface area (Å²) in [6, 6.07) is 1.48. The molecule has 0 unspecified atom stereocenters. The van der Waals surface area contributed by atoms with Crippen LogP contribution in [0.5, 0.6) is 5.75 Å². The molecule has 4 nitrogen and oxygen atoms in total. The van der Waals surface area contributed by atoms with E-state index in [1.165, 1.54) is 18.5 Å². The van der Waals surface area contributed by atoms with E-state index in [-0.39, 0.29) is 22.8 Å². The number of alkyl halides is 1. The van der Waals surface area contributed by atoms with E-state index >= 15 is 0 Å². The molecular weight excluding hydrogens is 260 g/mol. The van der Waals surface area contributed by atoms with Gasteiger partial charge in [-0.2, -0.15) is 0 Å². The third kappa shape index (κ3) is 3.20. The Labute approximate surface area is 96.8 Å². The first-order chi connectivity index (χ1) is 6.96. The quantitative estimate of drug-likeness (QED) is 0.824. The summed E-state index contributed by atoms with van der Waals surface area (Å²) in [5, 5.41) is 12.8. The molecule has 0 saturated heterocycles. The summed E-state index contributed by atoms with van der Waals surface area (Å²) in [6.45, 7) is 3.77. The summed E-state index contributed by atoms with van der Waals surface area (Å²) in [6.07, 6.45) is 2.71. The van der Waals surface area contributed by atoms with E-state index in [4.69, 9.17) is 0 Å². The van der Waals surface area contributed by atoms with Crippen LogP contribution in [-0.4, -0.2) is 26.9 Å². The number of aromatic nitrogens is 1. The smallest absolute Gasteiger partial charge is 0.255 e. The first-order valence-electron chi connectivity index (χ1n) is 4.48. The highest BCUT2D eigenvalue weighted by Gasteiger charge is 2.21. The van der Waals surface area contributed by atoms with Crippen molar-refractivity contribution in [2.24, 2.45) is 0 Å². The molecule has 0 radical (unpaired) electrons. The van der Waals surface area contributed by atoms with Gasteiger partial charge in [-0.25, -0.2) is 0 Å². The molecule has 82 valence electrons. The minimum Gasteiger partial charge on any atom is -0.505 e. The highest BCUT2D eigenvalue weighted by molar-refractivity contribution is 9.09. The van der Waals surface area contributed by atoms with Crippen LogP contribution in [0.15, 0.2) is 18.5 Å². The minimum atomic E-state index is -0.354. The number of amides is 1. The molecule has 0 spiro atoms. The van der Waals surface area contributed by atoms with Gasteiger partial charge in [0.25, 0.3) is 5.91 Å². The maximum absolute atomic E-state index is 11.7. The number of carbonyl (C=O) groups is 1. The van der Waals surface area contributed by atoms with Gasteiger partial charge in [-0.1, -0.05) is 15.9 Å². The van der Waals surface area contributed by atoms with Gasteiger partial charge in [0.05, 0.1) is 11.8 Å². The van der Waals surface area contributed by atoms with Gasteiger partial charge >= 0.3 is 0 Å². The third-order valence-electron chi connectivity index (χ3n) is 1.83. The zero-order valence-electron chi connectivity index (χ0n) is 8.62. The topological polar surface area (TPSA) is 62.2 Å². The molecule has 0 fully saturated rings. The second-order valence-electron chi connectivity index (χ2n) is 3.86. The predicted octanol–water partition coefficient (Wildman–Crippen LogP) is 1.69. The highest BCUT2D eigenvalue weighted by atomic mass is 79.9. The third-order valence-corrected chi connectivity index (χ3v) is 3.23. The molecule has 0 saturated carbocycles. The number of pyridine rings is 1. The van der Waals surface area contributed by atoms with Gasteiger partial charge in [-0.15, -0.1) is 0 Å². The fraction of sp³-hybridized carbons (Fsp3) is 0.400. The van der Waals surface area contributed by atoms with Gasteiger partial charge in [0.2, 0.25) is 0 Å². The van der Waals surface area contributed by atoms with Crippen molar-refractivity contribution in [3.63, 3.8) is 0 Å². The van der Waals surface area contributed by atoms with Crippen molar-refractivity contribution in [1.29, 1.82) is 0 Å². The lowest BCUT2D eigenvalue weighted by molar-refractivity contribution is 0.0918. The molecule has 0 aromatic carbocycles. The largest absolute Gasteiger partial charge is 0.505 e. The number of nitrogens with one attached hydrogen (secondary N) is 1. The SMILES string of the molecule is CC(C)(CBr)NC(=O)c1ccncc1O. The number of halogens is 1. The normalized spacial score (nSPS) is 11.1. The van der Waals surface area contributed by atoms with Crippen molar-refractivity contribution in [1.82, 2.24) is 10.3 Å². The average molecular weight is 273 g/mol. The number of hydrogen-bond acceptors (Lipinski definition) is 3. The summed E-state index contributed by atoms with van der Waals surface area (Å²) in [4.78, 5) is 15.4. The summed E-state index contributed by atoms with van der Waals surface area (Å²) < 4.78 is 0. The van der Waals surface area contributed by atoms with E-state index in [9.17, 15) is 9.90 Å². The first-order valence-corrected chi connectivity index (χ1v) is 5.60. The fourth-order valence-corrected chi connectivity index (χ4v) is 1.13. The van der Waals surface area contributed by atoms with E-state index in [0.29, 0.717) is 5.33 Å². The highest BCUT2D eigenvalue weighted by Crippen LogP contribution is 2.15. The molecule has 0 aliphatic rings. The molecule has 0 bridgehead atoms. The molecule has 5 heteroatoms. The van der Waals surface area contributed by atoms with Gasteiger partial charge in [0.1, 0.15) is 5.75 Å². The van der Waals surface area contributed by atoms with Crippen molar-refractivity contribution in [2.45, 2.75) is 19.4 Å². The molecular formula is C10H13BrN2O2. The summed E-state index contributed by atoms with van der Waals surface area (Å²) in [7, 11) is 0. The number of nitrogens with zero attached hydrogens (tertiary/aromatic N) is 1. The molecule has 1 amide bonds. The summed E-state index contributed by atoms with van der Waals surface area (Å²) >= 11 is 3.30. The Balaban J connectivity index is 2.83. The van der Waals surface area contributed by atoms with Gasteiger partial charge in [0, 0.05) is 17.1 Å².